The van der Waals surface area contributed by atoms with Gasteiger partial charge in [0.15, 0.2) is 5.11 Å². The Bertz CT molecular complexity index is 572. The monoisotopic (exact) mass is 295 g/mol. The van der Waals surface area contributed by atoms with Crippen LogP contribution in [0.5, 0.6) is 5.75 Å². The molecule has 20 heavy (non-hydrogen) atoms. The lowest BCUT2D eigenvalue weighted by molar-refractivity contribution is 0.470. The van der Waals surface area contributed by atoms with Crippen LogP contribution in [-0.2, 0) is 0 Å². The van der Waals surface area contributed by atoms with Crippen molar-refractivity contribution >= 4 is 23.0 Å². The molecule has 3 N–H and O–H groups in total. The second kappa shape index (κ2) is 5.75. The van der Waals surface area contributed by atoms with E-state index in [2.05, 4.69) is 15.8 Å². The largest absolute Gasteiger partial charge is 0.507 e. The van der Waals surface area contributed by atoms with Crippen LogP contribution < -0.4 is 10.7 Å². The molecule has 1 atom stereocenters. The van der Waals surface area contributed by atoms with Gasteiger partial charge in [-0.05, 0) is 50.5 Å². The molecule has 0 bridgehead atoms. The van der Waals surface area contributed by atoms with E-state index in [4.69, 9.17) is 12.2 Å². The third kappa shape index (κ3) is 2.90. The Morgan fingerprint density at radius 2 is 2.20 bits per heavy atom. The molecule has 0 spiro atoms. The van der Waals surface area contributed by atoms with Crippen molar-refractivity contribution in [2.24, 2.45) is 5.10 Å². The summed E-state index contributed by atoms with van der Waals surface area (Å²) >= 11 is 5.09. The summed E-state index contributed by atoms with van der Waals surface area (Å²) < 4.78 is 13.8. The SMILES string of the molecule is CC(C)NC(=S)N/N=C1\C[C@@H](C)c2c(F)ccc(O)c21. The molecule has 0 aliphatic heterocycles. The summed E-state index contributed by atoms with van der Waals surface area (Å²) in [6, 6.07) is 2.84. The molecule has 0 fully saturated rings. The Labute approximate surface area is 123 Å². The number of hydrogen-bond acceptors (Lipinski definition) is 3. The molecule has 1 aromatic carbocycles. The van der Waals surface area contributed by atoms with E-state index in [1.54, 1.807) is 0 Å². The van der Waals surface area contributed by atoms with Crippen LogP contribution in [-0.4, -0.2) is 22.0 Å². The highest BCUT2D eigenvalue weighted by Crippen LogP contribution is 2.39. The van der Waals surface area contributed by atoms with Crippen LogP contribution in [0.25, 0.3) is 0 Å². The number of halogens is 1. The van der Waals surface area contributed by atoms with Crippen molar-refractivity contribution < 1.29 is 9.50 Å². The van der Waals surface area contributed by atoms with Crippen molar-refractivity contribution in [2.75, 3.05) is 0 Å². The van der Waals surface area contributed by atoms with E-state index in [-0.39, 0.29) is 23.5 Å². The molecule has 1 aliphatic carbocycles. The fraction of sp³-hybridized carbons (Fsp3) is 0.429. The maximum atomic E-state index is 13.8. The smallest absolute Gasteiger partial charge is 0.187 e. The predicted molar refractivity (Wildman–Crippen MR) is 81.6 cm³/mol. The molecular weight excluding hydrogens is 277 g/mol. The fourth-order valence-electron chi connectivity index (χ4n) is 2.38. The summed E-state index contributed by atoms with van der Waals surface area (Å²) in [6.07, 6.45) is 0.571. The first-order valence-corrected chi connectivity index (χ1v) is 6.95. The maximum Gasteiger partial charge on any atom is 0.187 e. The van der Waals surface area contributed by atoms with Gasteiger partial charge in [-0.1, -0.05) is 6.92 Å². The predicted octanol–water partition coefficient (Wildman–Crippen LogP) is 2.62. The lowest BCUT2D eigenvalue weighted by Crippen LogP contribution is -2.37. The second-order valence-corrected chi connectivity index (χ2v) is 5.67. The van der Waals surface area contributed by atoms with Crippen molar-refractivity contribution in [1.82, 2.24) is 10.7 Å². The molecule has 1 aliphatic rings. The molecule has 2 rings (SSSR count). The lowest BCUT2D eigenvalue weighted by Gasteiger charge is -2.10. The molecule has 0 aromatic heterocycles. The van der Waals surface area contributed by atoms with Crippen LogP contribution >= 0.6 is 12.2 Å². The van der Waals surface area contributed by atoms with Gasteiger partial charge in [0.05, 0.1) is 5.71 Å². The summed E-state index contributed by atoms with van der Waals surface area (Å²) in [5.41, 5.74) is 4.37. The first-order valence-electron chi connectivity index (χ1n) is 6.55. The molecule has 1 aromatic rings. The van der Waals surface area contributed by atoms with Gasteiger partial charge in [-0.3, -0.25) is 5.43 Å². The Balaban J connectivity index is 2.26. The second-order valence-electron chi connectivity index (χ2n) is 5.26. The summed E-state index contributed by atoms with van der Waals surface area (Å²) in [5, 5.41) is 17.5. The van der Waals surface area contributed by atoms with E-state index in [1.807, 2.05) is 20.8 Å². The maximum absolute atomic E-state index is 13.8. The number of nitrogens with one attached hydrogen (secondary N) is 2. The van der Waals surface area contributed by atoms with Gasteiger partial charge in [0.2, 0.25) is 0 Å². The van der Waals surface area contributed by atoms with E-state index < -0.39 is 0 Å². The van der Waals surface area contributed by atoms with Crippen molar-refractivity contribution in [2.45, 2.75) is 39.2 Å². The normalized spacial score (nSPS) is 19.2. The van der Waals surface area contributed by atoms with Gasteiger partial charge in [0.1, 0.15) is 11.6 Å². The van der Waals surface area contributed by atoms with E-state index in [0.717, 1.165) is 0 Å². The number of phenolic OH excluding ortho intramolecular Hbond substituents is 1. The third-order valence-electron chi connectivity index (χ3n) is 3.16. The molecule has 0 amide bonds. The van der Waals surface area contributed by atoms with Crippen molar-refractivity contribution in [3.63, 3.8) is 0 Å². The first kappa shape index (κ1) is 14.7. The van der Waals surface area contributed by atoms with Gasteiger partial charge in [0.25, 0.3) is 0 Å². The number of benzene rings is 1. The van der Waals surface area contributed by atoms with Crippen LogP contribution in [0.3, 0.4) is 0 Å². The quantitative estimate of drug-likeness (QED) is 0.580. The molecule has 4 nitrogen and oxygen atoms in total. The highest BCUT2D eigenvalue weighted by molar-refractivity contribution is 7.80. The highest BCUT2D eigenvalue weighted by Gasteiger charge is 2.30. The zero-order valence-electron chi connectivity index (χ0n) is 11.7. The van der Waals surface area contributed by atoms with Crippen LogP contribution in [0.4, 0.5) is 4.39 Å². The first-order chi connectivity index (χ1) is 9.40. The zero-order valence-corrected chi connectivity index (χ0v) is 12.5. The van der Waals surface area contributed by atoms with Crippen LogP contribution in [0.2, 0.25) is 0 Å². The Morgan fingerprint density at radius 3 is 2.85 bits per heavy atom. The minimum Gasteiger partial charge on any atom is -0.507 e. The summed E-state index contributed by atoms with van der Waals surface area (Å²) in [5.74, 6) is -0.267. The Hall–Kier alpha value is -1.69. The van der Waals surface area contributed by atoms with Gasteiger partial charge < -0.3 is 10.4 Å². The van der Waals surface area contributed by atoms with Crippen molar-refractivity contribution in [3.05, 3.63) is 29.1 Å². The molecule has 0 saturated heterocycles. The molecule has 0 heterocycles. The Kier molecular flexibility index (Phi) is 4.23. The summed E-state index contributed by atoms with van der Waals surface area (Å²) in [6.45, 7) is 5.85. The standard InChI is InChI=1S/C14H18FN3OS/c1-7(2)16-14(20)18-17-10-6-8(3)12-9(15)4-5-11(19)13(10)12/h4-5,7-8,19H,6H2,1-3H3,(H2,16,18,20)/b17-10+/t8-/m1/s1. The highest BCUT2D eigenvalue weighted by atomic mass is 32.1. The fourth-order valence-corrected chi connectivity index (χ4v) is 2.66. The van der Waals surface area contributed by atoms with Gasteiger partial charge in [-0.2, -0.15) is 5.10 Å². The minimum atomic E-state index is -0.307. The van der Waals surface area contributed by atoms with Gasteiger partial charge in [0, 0.05) is 17.2 Å². The number of rotatable bonds is 2. The molecule has 0 radical (unpaired) electrons. The number of hydrazone groups is 1. The van der Waals surface area contributed by atoms with Crippen LogP contribution in [0.15, 0.2) is 17.2 Å². The molecule has 0 saturated carbocycles. The van der Waals surface area contributed by atoms with E-state index >= 15 is 0 Å². The lowest BCUT2D eigenvalue weighted by atomic mass is 10.0. The van der Waals surface area contributed by atoms with Crippen LogP contribution in [0, 0.1) is 5.82 Å². The van der Waals surface area contributed by atoms with Gasteiger partial charge in [-0.15, -0.1) is 0 Å². The van der Waals surface area contributed by atoms with Crippen molar-refractivity contribution in [1.29, 1.82) is 0 Å². The Morgan fingerprint density at radius 1 is 1.50 bits per heavy atom. The number of aromatic hydroxyl groups is 1. The van der Waals surface area contributed by atoms with E-state index in [0.29, 0.717) is 28.4 Å². The number of hydrogen-bond donors (Lipinski definition) is 3. The molecule has 108 valence electrons. The number of phenols is 1. The summed E-state index contributed by atoms with van der Waals surface area (Å²) in [4.78, 5) is 0. The number of fused-ring (bicyclic) bond motifs is 1. The molecular formula is C14H18FN3OS. The molecule has 0 unspecified atom stereocenters. The van der Waals surface area contributed by atoms with Crippen LogP contribution in [0.1, 0.15) is 44.2 Å². The number of thiocarbonyl (C=S) groups is 1. The topological polar surface area (TPSA) is 56.7 Å². The third-order valence-corrected chi connectivity index (χ3v) is 3.37. The average molecular weight is 295 g/mol. The average Bonchev–Trinajstić information content (AvgIpc) is 2.69. The number of nitrogens with zero attached hydrogens (tertiary/aromatic N) is 1. The van der Waals surface area contributed by atoms with E-state index in [9.17, 15) is 9.50 Å². The zero-order chi connectivity index (χ0) is 14.9. The van der Waals surface area contributed by atoms with Gasteiger partial charge >= 0.3 is 0 Å². The van der Waals surface area contributed by atoms with Gasteiger partial charge in [-0.25, -0.2) is 4.39 Å². The molecule has 6 heteroatoms. The summed E-state index contributed by atoms with van der Waals surface area (Å²) in [7, 11) is 0. The van der Waals surface area contributed by atoms with E-state index in [1.165, 1.54) is 12.1 Å². The van der Waals surface area contributed by atoms with Crippen molar-refractivity contribution in [3.8, 4) is 5.75 Å². The minimum absolute atomic E-state index is 0.00993.